The van der Waals surface area contributed by atoms with Crippen molar-refractivity contribution in [3.8, 4) is 34.8 Å². The van der Waals surface area contributed by atoms with Gasteiger partial charge in [0.1, 0.15) is 18.1 Å². The zero-order chi connectivity index (χ0) is 18.2. The number of carbonyl (C=O) groups is 1. The van der Waals surface area contributed by atoms with Crippen molar-refractivity contribution in [2.75, 3.05) is 19.9 Å². The summed E-state index contributed by atoms with van der Waals surface area (Å²) in [5, 5.41) is 2.71. The number of nitrogens with one attached hydrogen (secondary N) is 1. The standard InChI is InChI=1S/C20H19NO5/c1-15(26-16-7-3-2-4-8-16)20(22)21-11-5-6-12-23-17-9-10-18-19(13-17)25-14-24-18/h2-4,7-10,13,15H,11-12,14H2,1H3,(H,21,22). The summed E-state index contributed by atoms with van der Waals surface area (Å²) in [5.74, 6) is 8.13. The molecule has 0 saturated heterocycles. The summed E-state index contributed by atoms with van der Waals surface area (Å²) in [6, 6.07) is 14.5. The molecule has 0 radical (unpaired) electrons. The molecule has 6 heteroatoms. The van der Waals surface area contributed by atoms with Gasteiger partial charge in [0.15, 0.2) is 17.6 Å². The van der Waals surface area contributed by atoms with E-state index in [-0.39, 0.29) is 25.9 Å². The fourth-order valence-corrected chi connectivity index (χ4v) is 2.23. The molecule has 3 rings (SSSR count). The predicted octanol–water partition coefficient (Wildman–Crippen LogP) is 2.38. The molecule has 1 N–H and O–H groups in total. The third kappa shape index (κ3) is 4.84. The Morgan fingerprint density at radius 2 is 1.92 bits per heavy atom. The maximum Gasteiger partial charge on any atom is 0.261 e. The summed E-state index contributed by atoms with van der Waals surface area (Å²) in [6.07, 6.45) is -0.593. The van der Waals surface area contributed by atoms with Crippen LogP contribution in [-0.2, 0) is 4.79 Å². The number of hydrogen-bond acceptors (Lipinski definition) is 5. The molecule has 1 atom stereocenters. The van der Waals surface area contributed by atoms with Crippen molar-refractivity contribution in [2.45, 2.75) is 13.0 Å². The molecule has 2 aromatic rings. The van der Waals surface area contributed by atoms with Crippen molar-refractivity contribution >= 4 is 5.91 Å². The number of benzene rings is 2. The average molecular weight is 353 g/mol. The average Bonchev–Trinajstić information content (AvgIpc) is 3.13. The van der Waals surface area contributed by atoms with Gasteiger partial charge in [-0.15, -0.1) is 0 Å². The smallest absolute Gasteiger partial charge is 0.261 e. The molecule has 26 heavy (non-hydrogen) atoms. The second-order valence-corrected chi connectivity index (χ2v) is 5.45. The Morgan fingerprint density at radius 1 is 1.12 bits per heavy atom. The van der Waals surface area contributed by atoms with Crippen LogP contribution in [-0.4, -0.2) is 32.0 Å². The van der Waals surface area contributed by atoms with Gasteiger partial charge in [-0.25, -0.2) is 0 Å². The zero-order valence-corrected chi connectivity index (χ0v) is 14.4. The highest BCUT2D eigenvalue weighted by Gasteiger charge is 2.14. The highest BCUT2D eigenvalue weighted by atomic mass is 16.7. The first-order chi connectivity index (χ1) is 12.7. The SMILES string of the molecule is CC(Oc1ccccc1)C(=O)NCC#CCOc1ccc2c(c1)OCO2. The van der Waals surface area contributed by atoms with Crippen LogP contribution in [0.4, 0.5) is 0 Å². The lowest BCUT2D eigenvalue weighted by molar-refractivity contribution is -0.126. The molecule has 0 aliphatic carbocycles. The molecule has 0 aromatic heterocycles. The normalized spacial score (nSPS) is 12.5. The first-order valence-electron chi connectivity index (χ1n) is 8.20. The Bertz CT molecular complexity index is 810. The first kappa shape index (κ1) is 17.5. The molecule has 0 spiro atoms. The molecule has 1 amide bonds. The molecule has 1 heterocycles. The molecule has 1 aliphatic rings. The maximum absolute atomic E-state index is 11.9. The van der Waals surface area contributed by atoms with Crippen LogP contribution in [0.15, 0.2) is 48.5 Å². The summed E-state index contributed by atoms with van der Waals surface area (Å²) >= 11 is 0. The molecule has 0 fully saturated rings. The lowest BCUT2D eigenvalue weighted by Crippen LogP contribution is -2.36. The molecule has 134 valence electrons. The van der Waals surface area contributed by atoms with Gasteiger partial charge < -0.3 is 24.3 Å². The third-order valence-corrected chi connectivity index (χ3v) is 3.56. The molecule has 6 nitrogen and oxygen atoms in total. The van der Waals surface area contributed by atoms with Gasteiger partial charge in [-0.2, -0.15) is 0 Å². The van der Waals surface area contributed by atoms with Crippen molar-refractivity contribution in [1.29, 1.82) is 0 Å². The number of para-hydroxylation sites is 1. The van der Waals surface area contributed by atoms with Gasteiger partial charge in [-0.3, -0.25) is 4.79 Å². The molecule has 0 bridgehead atoms. The molecule has 0 saturated carbocycles. The van der Waals surface area contributed by atoms with Crippen molar-refractivity contribution in [3.63, 3.8) is 0 Å². The minimum atomic E-state index is -0.593. The molecular formula is C20H19NO5. The Morgan fingerprint density at radius 3 is 2.77 bits per heavy atom. The molecule has 2 aromatic carbocycles. The quantitative estimate of drug-likeness (QED) is 0.808. The summed E-state index contributed by atoms with van der Waals surface area (Å²) in [6.45, 7) is 2.36. The number of hydrogen-bond donors (Lipinski definition) is 1. The van der Waals surface area contributed by atoms with Gasteiger partial charge in [-0.1, -0.05) is 30.0 Å². The van der Waals surface area contributed by atoms with Crippen LogP contribution >= 0.6 is 0 Å². The van der Waals surface area contributed by atoms with Gasteiger partial charge in [0.2, 0.25) is 6.79 Å². The van der Waals surface area contributed by atoms with Gasteiger partial charge >= 0.3 is 0 Å². The van der Waals surface area contributed by atoms with Crippen LogP contribution in [0.25, 0.3) is 0 Å². The van der Waals surface area contributed by atoms with Crippen molar-refractivity contribution in [1.82, 2.24) is 5.32 Å². The molecule has 1 unspecified atom stereocenters. The Kier molecular flexibility index (Phi) is 5.84. The lowest BCUT2D eigenvalue weighted by Gasteiger charge is -2.13. The lowest BCUT2D eigenvalue weighted by atomic mass is 10.3. The van der Waals surface area contributed by atoms with Crippen LogP contribution in [0.2, 0.25) is 0 Å². The van der Waals surface area contributed by atoms with Crippen LogP contribution in [0.5, 0.6) is 23.0 Å². The summed E-state index contributed by atoms with van der Waals surface area (Å²) in [4.78, 5) is 11.9. The Balaban J connectivity index is 1.36. The summed E-state index contributed by atoms with van der Waals surface area (Å²) in [7, 11) is 0. The van der Waals surface area contributed by atoms with E-state index < -0.39 is 6.10 Å². The van der Waals surface area contributed by atoms with E-state index in [4.69, 9.17) is 18.9 Å². The number of rotatable bonds is 6. The van der Waals surface area contributed by atoms with E-state index in [0.29, 0.717) is 23.0 Å². The summed E-state index contributed by atoms with van der Waals surface area (Å²) in [5.41, 5.74) is 0. The second kappa shape index (κ2) is 8.67. The Hall–Kier alpha value is -3.33. The van der Waals surface area contributed by atoms with E-state index >= 15 is 0 Å². The highest BCUT2D eigenvalue weighted by molar-refractivity contribution is 5.80. The molecular weight excluding hydrogens is 334 g/mol. The van der Waals surface area contributed by atoms with Crippen molar-refractivity contribution < 1.29 is 23.7 Å². The molecule has 1 aliphatic heterocycles. The Labute approximate surface area is 152 Å². The van der Waals surface area contributed by atoms with Crippen molar-refractivity contribution in [2.24, 2.45) is 0 Å². The predicted molar refractivity (Wildman–Crippen MR) is 95.4 cm³/mol. The van der Waals surface area contributed by atoms with Gasteiger partial charge in [0.25, 0.3) is 5.91 Å². The monoisotopic (exact) mass is 353 g/mol. The number of fused-ring (bicyclic) bond motifs is 1. The minimum absolute atomic E-state index is 0.214. The summed E-state index contributed by atoms with van der Waals surface area (Å²) < 4.78 is 21.6. The van der Waals surface area contributed by atoms with E-state index in [1.807, 2.05) is 18.2 Å². The van der Waals surface area contributed by atoms with Crippen LogP contribution in [0.3, 0.4) is 0 Å². The van der Waals surface area contributed by atoms with Crippen molar-refractivity contribution in [3.05, 3.63) is 48.5 Å². The third-order valence-electron chi connectivity index (χ3n) is 3.56. The van der Waals surface area contributed by atoms with Gasteiger partial charge in [0, 0.05) is 6.07 Å². The van der Waals surface area contributed by atoms with Crippen LogP contribution in [0.1, 0.15) is 6.92 Å². The topological polar surface area (TPSA) is 66.0 Å². The van der Waals surface area contributed by atoms with Gasteiger partial charge in [0.05, 0.1) is 6.54 Å². The number of carbonyl (C=O) groups excluding carboxylic acids is 1. The van der Waals surface area contributed by atoms with E-state index in [9.17, 15) is 4.79 Å². The number of ether oxygens (including phenoxy) is 4. The largest absolute Gasteiger partial charge is 0.481 e. The van der Waals surface area contributed by atoms with E-state index in [2.05, 4.69) is 17.2 Å². The number of amides is 1. The van der Waals surface area contributed by atoms with E-state index in [1.54, 1.807) is 37.3 Å². The van der Waals surface area contributed by atoms with Gasteiger partial charge in [-0.05, 0) is 31.2 Å². The minimum Gasteiger partial charge on any atom is -0.481 e. The second-order valence-electron chi connectivity index (χ2n) is 5.45. The zero-order valence-electron chi connectivity index (χ0n) is 14.4. The van der Waals surface area contributed by atoms with E-state index in [0.717, 1.165) is 0 Å². The first-order valence-corrected chi connectivity index (χ1v) is 8.20. The maximum atomic E-state index is 11.9. The fourth-order valence-electron chi connectivity index (χ4n) is 2.23. The van der Waals surface area contributed by atoms with Crippen LogP contribution in [0, 0.1) is 11.8 Å². The highest BCUT2D eigenvalue weighted by Crippen LogP contribution is 2.34. The van der Waals surface area contributed by atoms with Crippen LogP contribution < -0.4 is 24.3 Å². The fraction of sp³-hybridized carbons (Fsp3) is 0.250. The van der Waals surface area contributed by atoms with E-state index in [1.165, 1.54) is 0 Å².